The third-order valence-electron chi connectivity index (χ3n) is 3.89. The van der Waals surface area contributed by atoms with Gasteiger partial charge in [-0.25, -0.2) is 4.98 Å². The molecule has 120 valence electrons. The Hall–Kier alpha value is -2.12. The Kier molecular flexibility index (Phi) is 3.66. The van der Waals surface area contributed by atoms with E-state index in [2.05, 4.69) is 10.3 Å². The van der Waals surface area contributed by atoms with Crippen LogP contribution in [0, 0.1) is 6.92 Å². The summed E-state index contributed by atoms with van der Waals surface area (Å²) in [5.74, 6) is 1.35. The first kappa shape index (κ1) is 14.5. The van der Waals surface area contributed by atoms with Crippen LogP contribution in [0.3, 0.4) is 0 Å². The lowest BCUT2D eigenvalue weighted by molar-refractivity contribution is -0.124. The molecule has 1 amide bonds. The van der Waals surface area contributed by atoms with Crippen LogP contribution in [0.5, 0.6) is 11.5 Å². The van der Waals surface area contributed by atoms with E-state index in [1.165, 1.54) is 11.3 Å². The van der Waals surface area contributed by atoms with Gasteiger partial charge in [0.2, 0.25) is 6.79 Å². The number of aryl methyl sites for hydroxylation is 1. The average molecular weight is 332 g/mol. The molecule has 2 aliphatic rings. The van der Waals surface area contributed by atoms with Crippen molar-refractivity contribution < 1.29 is 19.0 Å². The van der Waals surface area contributed by atoms with E-state index in [1.807, 2.05) is 25.1 Å². The highest BCUT2D eigenvalue weighted by Gasteiger charge is 2.25. The molecule has 1 saturated heterocycles. The highest BCUT2D eigenvalue weighted by atomic mass is 32.1. The van der Waals surface area contributed by atoms with Crippen LogP contribution < -0.4 is 14.8 Å². The molecule has 1 fully saturated rings. The van der Waals surface area contributed by atoms with E-state index in [-0.39, 0.29) is 18.8 Å². The van der Waals surface area contributed by atoms with Crippen molar-refractivity contribution in [1.82, 2.24) is 4.98 Å². The molecular formula is C16H16N2O4S. The smallest absolute Gasteiger partial charge is 0.255 e. The third kappa shape index (κ3) is 2.77. The van der Waals surface area contributed by atoms with Gasteiger partial charge in [0, 0.05) is 17.0 Å². The van der Waals surface area contributed by atoms with Crippen LogP contribution >= 0.6 is 11.3 Å². The van der Waals surface area contributed by atoms with Gasteiger partial charge in [-0.15, -0.1) is 11.3 Å². The molecule has 0 bridgehead atoms. The summed E-state index contributed by atoms with van der Waals surface area (Å²) in [5.41, 5.74) is 1.79. The van der Waals surface area contributed by atoms with E-state index in [1.54, 1.807) is 0 Å². The molecule has 23 heavy (non-hydrogen) atoms. The summed E-state index contributed by atoms with van der Waals surface area (Å²) in [5, 5.41) is 3.45. The number of hydrogen-bond donors (Lipinski definition) is 1. The quantitative estimate of drug-likeness (QED) is 0.936. The van der Waals surface area contributed by atoms with Gasteiger partial charge in [-0.3, -0.25) is 10.1 Å². The van der Waals surface area contributed by atoms with Gasteiger partial charge in [0.1, 0.15) is 6.10 Å². The van der Waals surface area contributed by atoms with Crippen molar-refractivity contribution in [2.75, 3.05) is 18.7 Å². The molecule has 0 spiro atoms. The fourth-order valence-electron chi connectivity index (χ4n) is 2.73. The minimum Gasteiger partial charge on any atom is -0.454 e. The highest BCUT2D eigenvalue weighted by molar-refractivity contribution is 7.16. The maximum Gasteiger partial charge on any atom is 0.255 e. The van der Waals surface area contributed by atoms with Gasteiger partial charge in [0.05, 0.1) is 5.69 Å². The molecule has 0 saturated carbocycles. The largest absolute Gasteiger partial charge is 0.454 e. The van der Waals surface area contributed by atoms with E-state index in [0.717, 1.165) is 40.5 Å². The molecule has 7 heteroatoms. The number of thiazole rings is 1. The van der Waals surface area contributed by atoms with Crippen LogP contribution in [0.25, 0.3) is 11.3 Å². The maximum atomic E-state index is 12.1. The Morgan fingerprint density at radius 1 is 1.35 bits per heavy atom. The fourth-order valence-corrected chi connectivity index (χ4v) is 3.57. The van der Waals surface area contributed by atoms with Gasteiger partial charge in [-0.2, -0.15) is 0 Å². The number of nitrogens with one attached hydrogen (secondary N) is 1. The topological polar surface area (TPSA) is 69.7 Å². The second-order valence-corrected chi connectivity index (χ2v) is 6.69. The van der Waals surface area contributed by atoms with Gasteiger partial charge >= 0.3 is 0 Å². The van der Waals surface area contributed by atoms with E-state index in [9.17, 15) is 4.79 Å². The molecule has 6 nitrogen and oxygen atoms in total. The summed E-state index contributed by atoms with van der Waals surface area (Å²) in [6.45, 7) is 2.88. The lowest BCUT2D eigenvalue weighted by Crippen LogP contribution is -2.26. The summed E-state index contributed by atoms with van der Waals surface area (Å²) < 4.78 is 16.1. The van der Waals surface area contributed by atoms with E-state index in [4.69, 9.17) is 14.2 Å². The molecule has 2 aliphatic heterocycles. The molecule has 1 atom stereocenters. The van der Waals surface area contributed by atoms with Gasteiger partial charge in [-0.1, -0.05) is 0 Å². The lowest BCUT2D eigenvalue weighted by Gasteiger charge is -2.07. The van der Waals surface area contributed by atoms with Crippen LogP contribution in [-0.4, -0.2) is 30.4 Å². The monoisotopic (exact) mass is 332 g/mol. The van der Waals surface area contributed by atoms with Crippen molar-refractivity contribution in [3.63, 3.8) is 0 Å². The second-order valence-electron chi connectivity index (χ2n) is 5.48. The fraction of sp³-hybridized carbons (Fsp3) is 0.375. The number of benzene rings is 1. The normalized spacial score (nSPS) is 19.1. The van der Waals surface area contributed by atoms with Crippen molar-refractivity contribution in [2.24, 2.45) is 0 Å². The summed E-state index contributed by atoms with van der Waals surface area (Å²) >= 11 is 1.46. The zero-order valence-electron chi connectivity index (χ0n) is 12.6. The minimum atomic E-state index is -0.354. The van der Waals surface area contributed by atoms with E-state index in [0.29, 0.717) is 11.7 Å². The standard InChI is InChI=1S/C16H16N2O4S/c1-9-14(10-4-5-11-13(7-10)22-8-21-11)17-16(23-9)18-15(19)12-3-2-6-20-12/h4-5,7,12H,2-3,6,8H2,1H3,(H,17,18,19). The highest BCUT2D eigenvalue weighted by Crippen LogP contribution is 2.38. The molecule has 1 aromatic heterocycles. The molecule has 2 aromatic rings. The molecule has 0 aliphatic carbocycles. The number of carbonyl (C=O) groups excluding carboxylic acids is 1. The predicted octanol–water partition coefficient (Wildman–Crippen LogP) is 2.96. The Morgan fingerprint density at radius 3 is 3.04 bits per heavy atom. The SMILES string of the molecule is Cc1sc(NC(=O)C2CCCO2)nc1-c1ccc2c(c1)OCO2. The summed E-state index contributed by atoms with van der Waals surface area (Å²) in [6.07, 6.45) is 1.34. The first-order chi connectivity index (χ1) is 11.2. The second kappa shape index (κ2) is 5.82. The number of amides is 1. The summed E-state index contributed by atoms with van der Waals surface area (Å²) in [7, 11) is 0. The maximum absolute atomic E-state index is 12.1. The first-order valence-electron chi connectivity index (χ1n) is 7.50. The number of anilines is 1. The molecule has 3 heterocycles. The molecule has 0 radical (unpaired) electrons. The molecule has 1 unspecified atom stereocenters. The first-order valence-corrected chi connectivity index (χ1v) is 8.32. The van der Waals surface area contributed by atoms with Crippen molar-refractivity contribution in [3.05, 3.63) is 23.1 Å². The number of nitrogens with zero attached hydrogens (tertiary/aromatic N) is 1. The van der Waals surface area contributed by atoms with Crippen LogP contribution in [0.15, 0.2) is 18.2 Å². The lowest BCUT2D eigenvalue weighted by atomic mass is 10.1. The van der Waals surface area contributed by atoms with Gasteiger partial charge < -0.3 is 14.2 Å². The van der Waals surface area contributed by atoms with Crippen molar-refractivity contribution in [1.29, 1.82) is 0 Å². The molecule has 4 rings (SSSR count). The van der Waals surface area contributed by atoms with E-state index < -0.39 is 0 Å². The third-order valence-corrected chi connectivity index (χ3v) is 4.78. The number of hydrogen-bond acceptors (Lipinski definition) is 6. The van der Waals surface area contributed by atoms with Crippen molar-refractivity contribution in [3.8, 4) is 22.8 Å². The van der Waals surface area contributed by atoms with Crippen LogP contribution in [0.2, 0.25) is 0 Å². The van der Waals surface area contributed by atoms with Crippen molar-refractivity contribution in [2.45, 2.75) is 25.9 Å². The van der Waals surface area contributed by atoms with Crippen LogP contribution in [-0.2, 0) is 9.53 Å². The molecule has 1 aromatic carbocycles. The Balaban J connectivity index is 1.56. The zero-order valence-corrected chi connectivity index (χ0v) is 13.4. The van der Waals surface area contributed by atoms with Gasteiger partial charge in [0.15, 0.2) is 16.6 Å². The Bertz CT molecular complexity index is 753. The number of aromatic nitrogens is 1. The number of fused-ring (bicyclic) bond motifs is 1. The predicted molar refractivity (Wildman–Crippen MR) is 86.0 cm³/mol. The molecule has 1 N–H and O–H groups in total. The van der Waals surface area contributed by atoms with Crippen LogP contribution in [0.4, 0.5) is 5.13 Å². The van der Waals surface area contributed by atoms with Crippen molar-refractivity contribution >= 4 is 22.4 Å². The van der Waals surface area contributed by atoms with Crippen LogP contribution in [0.1, 0.15) is 17.7 Å². The molecular weight excluding hydrogens is 316 g/mol. The zero-order chi connectivity index (χ0) is 15.8. The average Bonchev–Trinajstić information content (AvgIpc) is 3.26. The number of rotatable bonds is 3. The number of carbonyl (C=O) groups is 1. The Labute approximate surface area is 137 Å². The number of ether oxygens (including phenoxy) is 3. The summed E-state index contributed by atoms with van der Waals surface area (Å²) in [4.78, 5) is 17.7. The summed E-state index contributed by atoms with van der Waals surface area (Å²) in [6, 6.07) is 5.73. The van der Waals surface area contributed by atoms with E-state index >= 15 is 0 Å². The minimum absolute atomic E-state index is 0.117. The Morgan fingerprint density at radius 2 is 2.22 bits per heavy atom. The van der Waals surface area contributed by atoms with Gasteiger partial charge in [-0.05, 0) is 38.0 Å². The van der Waals surface area contributed by atoms with Gasteiger partial charge in [0.25, 0.3) is 5.91 Å².